The van der Waals surface area contributed by atoms with E-state index in [1.165, 1.54) is 19.3 Å². The summed E-state index contributed by atoms with van der Waals surface area (Å²) in [5.74, 6) is 1.56. The van der Waals surface area contributed by atoms with E-state index in [1.807, 2.05) is 0 Å². The van der Waals surface area contributed by atoms with Gasteiger partial charge in [0.05, 0.1) is 0 Å². The van der Waals surface area contributed by atoms with Gasteiger partial charge >= 0.3 is 6.03 Å². The standard InChI is InChI=1S/C10H20N2O/c1-8-4-5-9(6-8)7-11-10(13)12(2)3/h8-9H,4-7H2,1-3H3,(H,11,13). The molecule has 2 atom stereocenters. The van der Waals surface area contributed by atoms with Gasteiger partial charge in [0, 0.05) is 20.6 Å². The van der Waals surface area contributed by atoms with Gasteiger partial charge in [0.25, 0.3) is 0 Å². The number of urea groups is 1. The number of amides is 2. The van der Waals surface area contributed by atoms with E-state index >= 15 is 0 Å². The fourth-order valence-electron chi connectivity index (χ4n) is 1.90. The van der Waals surface area contributed by atoms with Gasteiger partial charge in [0.15, 0.2) is 0 Å². The highest BCUT2D eigenvalue weighted by Crippen LogP contribution is 2.29. The predicted octanol–water partition coefficient (Wildman–Crippen LogP) is 1.69. The van der Waals surface area contributed by atoms with Crippen LogP contribution in [0.4, 0.5) is 4.79 Å². The Morgan fingerprint density at radius 2 is 2.15 bits per heavy atom. The van der Waals surface area contributed by atoms with Crippen molar-refractivity contribution in [2.45, 2.75) is 26.2 Å². The lowest BCUT2D eigenvalue weighted by Gasteiger charge is -2.15. The quantitative estimate of drug-likeness (QED) is 0.696. The highest BCUT2D eigenvalue weighted by atomic mass is 16.2. The maximum absolute atomic E-state index is 11.2. The van der Waals surface area contributed by atoms with E-state index in [0.29, 0.717) is 5.92 Å². The van der Waals surface area contributed by atoms with E-state index in [1.54, 1.807) is 19.0 Å². The van der Waals surface area contributed by atoms with Crippen LogP contribution in [0.25, 0.3) is 0 Å². The zero-order valence-electron chi connectivity index (χ0n) is 8.84. The first-order valence-corrected chi connectivity index (χ1v) is 5.04. The fraction of sp³-hybridized carbons (Fsp3) is 0.900. The largest absolute Gasteiger partial charge is 0.338 e. The van der Waals surface area contributed by atoms with Crippen molar-refractivity contribution in [3.63, 3.8) is 0 Å². The smallest absolute Gasteiger partial charge is 0.316 e. The van der Waals surface area contributed by atoms with Gasteiger partial charge in [-0.05, 0) is 24.7 Å². The Bertz CT molecular complexity index is 180. The Labute approximate surface area is 80.5 Å². The van der Waals surface area contributed by atoms with Crippen molar-refractivity contribution in [3.8, 4) is 0 Å². The molecule has 1 N–H and O–H groups in total. The van der Waals surface area contributed by atoms with Gasteiger partial charge in [-0.3, -0.25) is 0 Å². The van der Waals surface area contributed by atoms with Crippen molar-refractivity contribution in [1.29, 1.82) is 0 Å². The fourth-order valence-corrected chi connectivity index (χ4v) is 1.90. The average molecular weight is 184 g/mol. The summed E-state index contributed by atoms with van der Waals surface area (Å²) < 4.78 is 0. The van der Waals surface area contributed by atoms with Crippen LogP contribution in [0, 0.1) is 11.8 Å². The third kappa shape index (κ3) is 3.25. The number of rotatable bonds is 2. The Hall–Kier alpha value is -0.730. The summed E-state index contributed by atoms with van der Waals surface area (Å²) in [6, 6.07) is 0.0274. The van der Waals surface area contributed by atoms with Crippen molar-refractivity contribution in [3.05, 3.63) is 0 Å². The maximum Gasteiger partial charge on any atom is 0.316 e. The molecule has 0 spiro atoms. The summed E-state index contributed by atoms with van der Waals surface area (Å²) >= 11 is 0. The summed E-state index contributed by atoms with van der Waals surface area (Å²) in [5.41, 5.74) is 0. The predicted molar refractivity (Wildman–Crippen MR) is 53.6 cm³/mol. The minimum atomic E-state index is 0.0274. The number of hydrogen-bond donors (Lipinski definition) is 1. The highest BCUT2D eigenvalue weighted by Gasteiger charge is 2.21. The third-order valence-corrected chi connectivity index (χ3v) is 2.75. The molecule has 1 rings (SSSR count). The molecule has 1 aliphatic carbocycles. The van der Waals surface area contributed by atoms with E-state index in [2.05, 4.69) is 12.2 Å². The molecule has 0 aliphatic heterocycles. The van der Waals surface area contributed by atoms with Crippen LogP contribution in [0.15, 0.2) is 0 Å². The van der Waals surface area contributed by atoms with Crippen LogP contribution >= 0.6 is 0 Å². The Morgan fingerprint density at radius 3 is 2.62 bits per heavy atom. The molecule has 0 heterocycles. The lowest BCUT2D eigenvalue weighted by molar-refractivity contribution is 0.215. The van der Waals surface area contributed by atoms with Gasteiger partial charge in [-0.25, -0.2) is 4.79 Å². The summed E-state index contributed by atoms with van der Waals surface area (Å²) in [5, 5.41) is 2.93. The van der Waals surface area contributed by atoms with Crippen molar-refractivity contribution >= 4 is 6.03 Å². The number of carbonyl (C=O) groups excluding carboxylic acids is 1. The van der Waals surface area contributed by atoms with E-state index in [-0.39, 0.29) is 6.03 Å². The molecule has 0 aromatic heterocycles. The van der Waals surface area contributed by atoms with Crippen LogP contribution in [0.2, 0.25) is 0 Å². The lowest BCUT2D eigenvalue weighted by Crippen LogP contribution is -2.37. The molecule has 3 nitrogen and oxygen atoms in total. The van der Waals surface area contributed by atoms with Crippen molar-refractivity contribution < 1.29 is 4.79 Å². The number of hydrogen-bond acceptors (Lipinski definition) is 1. The molecule has 3 heteroatoms. The second-order valence-electron chi connectivity index (χ2n) is 4.36. The molecule has 1 saturated carbocycles. The van der Waals surface area contributed by atoms with Gasteiger partial charge < -0.3 is 10.2 Å². The molecule has 1 aliphatic rings. The second-order valence-corrected chi connectivity index (χ2v) is 4.36. The van der Waals surface area contributed by atoms with E-state index in [4.69, 9.17) is 0 Å². The molecule has 0 aromatic carbocycles. The zero-order chi connectivity index (χ0) is 9.84. The van der Waals surface area contributed by atoms with Crippen LogP contribution in [-0.4, -0.2) is 31.6 Å². The van der Waals surface area contributed by atoms with Crippen molar-refractivity contribution in [2.75, 3.05) is 20.6 Å². The number of nitrogens with one attached hydrogen (secondary N) is 1. The topological polar surface area (TPSA) is 32.3 Å². The first kappa shape index (κ1) is 10.4. The normalized spacial score (nSPS) is 27.3. The van der Waals surface area contributed by atoms with Crippen molar-refractivity contribution in [2.24, 2.45) is 11.8 Å². The third-order valence-electron chi connectivity index (χ3n) is 2.75. The molecular formula is C10H20N2O. The first-order chi connectivity index (χ1) is 6.09. The molecule has 76 valence electrons. The minimum absolute atomic E-state index is 0.0274. The summed E-state index contributed by atoms with van der Waals surface area (Å²) in [6.07, 6.45) is 3.87. The maximum atomic E-state index is 11.2. The molecular weight excluding hydrogens is 164 g/mol. The first-order valence-electron chi connectivity index (χ1n) is 5.04. The van der Waals surface area contributed by atoms with Gasteiger partial charge in [0.1, 0.15) is 0 Å². The van der Waals surface area contributed by atoms with E-state index < -0.39 is 0 Å². The monoisotopic (exact) mass is 184 g/mol. The van der Waals surface area contributed by atoms with Crippen LogP contribution in [0.3, 0.4) is 0 Å². The number of carbonyl (C=O) groups is 1. The molecule has 13 heavy (non-hydrogen) atoms. The summed E-state index contributed by atoms with van der Waals surface area (Å²) in [7, 11) is 3.54. The molecule has 0 bridgehead atoms. The summed E-state index contributed by atoms with van der Waals surface area (Å²) in [6.45, 7) is 3.13. The van der Waals surface area contributed by atoms with Crippen LogP contribution in [-0.2, 0) is 0 Å². The molecule has 1 fully saturated rings. The molecule has 2 unspecified atom stereocenters. The van der Waals surface area contributed by atoms with Gasteiger partial charge in [0.2, 0.25) is 0 Å². The van der Waals surface area contributed by atoms with Crippen LogP contribution in [0.5, 0.6) is 0 Å². The zero-order valence-corrected chi connectivity index (χ0v) is 8.84. The number of nitrogens with zero attached hydrogens (tertiary/aromatic N) is 1. The molecule has 2 amide bonds. The minimum Gasteiger partial charge on any atom is -0.338 e. The molecule has 0 radical (unpaired) electrons. The Kier molecular flexibility index (Phi) is 3.58. The van der Waals surface area contributed by atoms with Crippen LogP contribution < -0.4 is 5.32 Å². The summed E-state index contributed by atoms with van der Waals surface area (Å²) in [4.78, 5) is 12.8. The molecule has 0 aromatic rings. The highest BCUT2D eigenvalue weighted by molar-refractivity contribution is 5.73. The Morgan fingerprint density at radius 1 is 1.46 bits per heavy atom. The molecule has 0 saturated heterocycles. The lowest BCUT2D eigenvalue weighted by atomic mass is 10.1. The van der Waals surface area contributed by atoms with Gasteiger partial charge in [-0.15, -0.1) is 0 Å². The van der Waals surface area contributed by atoms with Gasteiger partial charge in [-0.1, -0.05) is 13.3 Å². The average Bonchev–Trinajstić information content (AvgIpc) is 2.47. The van der Waals surface area contributed by atoms with E-state index in [9.17, 15) is 4.79 Å². The van der Waals surface area contributed by atoms with Crippen LogP contribution in [0.1, 0.15) is 26.2 Å². The SMILES string of the molecule is CC1CCC(CNC(=O)N(C)C)C1. The Balaban J connectivity index is 2.16. The van der Waals surface area contributed by atoms with Crippen molar-refractivity contribution in [1.82, 2.24) is 10.2 Å². The van der Waals surface area contributed by atoms with Gasteiger partial charge in [-0.2, -0.15) is 0 Å². The second kappa shape index (κ2) is 4.49. The van der Waals surface area contributed by atoms with E-state index in [0.717, 1.165) is 12.5 Å².